The minimum atomic E-state index is 0.487. The van der Waals surface area contributed by atoms with Gasteiger partial charge in [-0.25, -0.2) is 0 Å². The summed E-state index contributed by atoms with van der Waals surface area (Å²) in [5, 5.41) is 6.62. The maximum Gasteiger partial charge on any atom is 0.276 e. The van der Waals surface area contributed by atoms with Gasteiger partial charge in [0.2, 0.25) is 5.75 Å². The lowest BCUT2D eigenvalue weighted by molar-refractivity contribution is 0.274. The third-order valence-electron chi connectivity index (χ3n) is 2.01. The predicted molar refractivity (Wildman–Crippen MR) is 55.9 cm³/mol. The van der Waals surface area contributed by atoms with Crippen LogP contribution in [0.25, 0.3) is 0 Å². The lowest BCUT2D eigenvalue weighted by Crippen LogP contribution is -1.96. The highest BCUT2D eigenvalue weighted by molar-refractivity contribution is 5.30. The average molecular weight is 204 g/mol. The molecule has 0 spiro atoms. The number of hydrogen-bond acceptors (Lipinski definition) is 3. The van der Waals surface area contributed by atoms with Crippen molar-refractivity contribution in [1.29, 1.82) is 0 Å². The number of aromatic nitrogens is 2. The number of rotatable bonds is 4. The second-order valence-corrected chi connectivity index (χ2v) is 3.03. The molecule has 78 valence electrons. The van der Waals surface area contributed by atoms with Crippen molar-refractivity contribution in [3.8, 4) is 11.6 Å². The van der Waals surface area contributed by atoms with Gasteiger partial charge in [0.1, 0.15) is 6.61 Å². The summed E-state index contributed by atoms with van der Waals surface area (Å²) in [5.41, 5.74) is 1.10. The number of aromatic amines is 1. The van der Waals surface area contributed by atoms with Crippen LogP contribution < -0.4 is 9.47 Å². The summed E-state index contributed by atoms with van der Waals surface area (Å²) in [6, 6.07) is 9.91. The topological polar surface area (TPSA) is 47.1 Å². The highest BCUT2D eigenvalue weighted by Gasteiger charge is 2.06. The van der Waals surface area contributed by atoms with E-state index >= 15 is 0 Å². The average Bonchev–Trinajstić information content (AvgIpc) is 2.75. The van der Waals surface area contributed by atoms with Crippen molar-refractivity contribution in [2.24, 2.45) is 0 Å². The van der Waals surface area contributed by atoms with Crippen molar-refractivity contribution in [3.05, 3.63) is 42.1 Å². The Kier molecular flexibility index (Phi) is 2.88. The molecule has 0 radical (unpaired) electrons. The van der Waals surface area contributed by atoms with Crippen molar-refractivity contribution < 1.29 is 9.47 Å². The highest BCUT2D eigenvalue weighted by atomic mass is 16.5. The molecule has 1 N–H and O–H groups in total. The molecule has 0 fully saturated rings. The number of nitrogens with zero attached hydrogens (tertiary/aromatic N) is 1. The van der Waals surface area contributed by atoms with Gasteiger partial charge < -0.3 is 9.47 Å². The fraction of sp³-hybridized carbons (Fsp3) is 0.182. The van der Waals surface area contributed by atoms with E-state index in [1.54, 1.807) is 13.3 Å². The van der Waals surface area contributed by atoms with Crippen LogP contribution in [0, 0.1) is 0 Å². The molecule has 0 aliphatic rings. The lowest BCUT2D eigenvalue weighted by Gasteiger charge is -2.04. The molecule has 4 heteroatoms. The number of nitrogens with one attached hydrogen (secondary N) is 1. The monoisotopic (exact) mass is 204 g/mol. The molecule has 0 bridgehead atoms. The van der Waals surface area contributed by atoms with Crippen LogP contribution in [-0.2, 0) is 6.61 Å². The van der Waals surface area contributed by atoms with Gasteiger partial charge in [0.25, 0.3) is 5.88 Å². The van der Waals surface area contributed by atoms with E-state index in [4.69, 9.17) is 9.47 Å². The Balaban J connectivity index is 1.99. The summed E-state index contributed by atoms with van der Waals surface area (Å²) in [7, 11) is 1.58. The van der Waals surface area contributed by atoms with Gasteiger partial charge in [-0.2, -0.15) is 0 Å². The van der Waals surface area contributed by atoms with Crippen LogP contribution in [0.1, 0.15) is 5.56 Å². The highest BCUT2D eigenvalue weighted by Crippen LogP contribution is 2.23. The molecule has 0 saturated carbocycles. The molecule has 0 amide bonds. The van der Waals surface area contributed by atoms with E-state index < -0.39 is 0 Å². The maximum absolute atomic E-state index is 5.49. The number of methoxy groups -OCH3 is 1. The molecule has 1 aromatic heterocycles. The van der Waals surface area contributed by atoms with Crippen LogP contribution >= 0.6 is 0 Å². The summed E-state index contributed by atoms with van der Waals surface area (Å²) >= 11 is 0. The van der Waals surface area contributed by atoms with E-state index in [-0.39, 0.29) is 0 Å². The second-order valence-electron chi connectivity index (χ2n) is 3.03. The first kappa shape index (κ1) is 9.58. The third-order valence-corrected chi connectivity index (χ3v) is 2.01. The van der Waals surface area contributed by atoms with Crippen molar-refractivity contribution in [1.82, 2.24) is 10.2 Å². The van der Waals surface area contributed by atoms with Gasteiger partial charge in [0, 0.05) is 0 Å². The minimum Gasteiger partial charge on any atom is -0.490 e. The largest absolute Gasteiger partial charge is 0.490 e. The van der Waals surface area contributed by atoms with Crippen LogP contribution in [0.2, 0.25) is 0 Å². The van der Waals surface area contributed by atoms with Crippen molar-refractivity contribution in [2.75, 3.05) is 7.11 Å². The number of H-pyrrole nitrogens is 1. The SMILES string of the molecule is COc1c[nH]nc1OCc1ccccc1. The number of ether oxygens (including phenoxy) is 2. The Morgan fingerprint density at radius 3 is 2.80 bits per heavy atom. The fourth-order valence-corrected chi connectivity index (χ4v) is 1.24. The van der Waals surface area contributed by atoms with Crippen LogP contribution in [0.5, 0.6) is 11.6 Å². The maximum atomic E-state index is 5.49. The summed E-state index contributed by atoms with van der Waals surface area (Å²) in [6.07, 6.45) is 1.65. The first-order valence-corrected chi connectivity index (χ1v) is 4.64. The van der Waals surface area contributed by atoms with Gasteiger partial charge in [-0.1, -0.05) is 30.3 Å². The summed E-state index contributed by atoms with van der Waals surface area (Å²) in [5.74, 6) is 1.10. The molecule has 0 saturated heterocycles. The van der Waals surface area contributed by atoms with Crippen LogP contribution in [-0.4, -0.2) is 17.3 Å². The number of benzene rings is 1. The third kappa shape index (κ3) is 2.28. The van der Waals surface area contributed by atoms with Gasteiger partial charge >= 0.3 is 0 Å². The second kappa shape index (κ2) is 4.50. The van der Waals surface area contributed by atoms with Gasteiger partial charge in [-0.3, -0.25) is 5.10 Å². The van der Waals surface area contributed by atoms with Gasteiger partial charge in [0.05, 0.1) is 13.3 Å². The van der Waals surface area contributed by atoms with E-state index in [0.717, 1.165) is 5.56 Å². The Labute approximate surface area is 87.8 Å². The van der Waals surface area contributed by atoms with Crippen molar-refractivity contribution in [3.63, 3.8) is 0 Å². The van der Waals surface area contributed by atoms with E-state index in [1.165, 1.54) is 0 Å². The zero-order chi connectivity index (χ0) is 10.5. The molecule has 0 aliphatic heterocycles. The molecule has 1 heterocycles. The molecule has 1 aromatic carbocycles. The Morgan fingerprint density at radius 1 is 1.27 bits per heavy atom. The van der Waals surface area contributed by atoms with E-state index in [0.29, 0.717) is 18.2 Å². The van der Waals surface area contributed by atoms with Crippen molar-refractivity contribution in [2.45, 2.75) is 6.61 Å². The predicted octanol–water partition coefficient (Wildman–Crippen LogP) is 2.00. The zero-order valence-corrected chi connectivity index (χ0v) is 8.43. The van der Waals surface area contributed by atoms with Crippen LogP contribution in [0.3, 0.4) is 0 Å². The molecule has 0 unspecified atom stereocenters. The lowest BCUT2D eigenvalue weighted by atomic mass is 10.2. The van der Waals surface area contributed by atoms with E-state index in [9.17, 15) is 0 Å². The quantitative estimate of drug-likeness (QED) is 0.828. The first-order valence-electron chi connectivity index (χ1n) is 4.64. The molecule has 2 rings (SSSR count). The molecule has 2 aromatic rings. The van der Waals surface area contributed by atoms with Gasteiger partial charge in [0.15, 0.2) is 0 Å². The number of hydrogen-bond donors (Lipinski definition) is 1. The van der Waals surface area contributed by atoms with Gasteiger partial charge in [-0.05, 0) is 5.56 Å². The molecular formula is C11H12N2O2. The molecule has 0 atom stereocenters. The standard InChI is InChI=1S/C11H12N2O2/c1-14-10-7-12-13-11(10)15-8-9-5-3-2-4-6-9/h2-7H,8H2,1H3,(H,12,13). The Hall–Kier alpha value is -1.97. The van der Waals surface area contributed by atoms with Crippen LogP contribution in [0.15, 0.2) is 36.5 Å². The molecule has 15 heavy (non-hydrogen) atoms. The smallest absolute Gasteiger partial charge is 0.276 e. The Morgan fingerprint density at radius 2 is 2.07 bits per heavy atom. The normalized spacial score (nSPS) is 9.93. The van der Waals surface area contributed by atoms with Crippen LogP contribution in [0.4, 0.5) is 0 Å². The Bertz CT molecular complexity index is 412. The van der Waals surface area contributed by atoms with E-state index in [2.05, 4.69) is 10.2 Å². The van der Waals surface area contributed by atoms with Gasteiger partial charge in [-0.15, -0.1) is 5.10 Å². The fourth-order valence-electron chi connectivity index (χ4n) is 1.24. The van der Waals surface area contributed by atoms with E-state index in [1.807, 2.05) is 30.3 Å². The summed E-state index contributed by atoms with van der Waals surface area (Å²) < 4.78 is 10.5. The van der Waals surface area contributed by atoms with Crippen molar-refractivity contribution >= 4 is 0 Å². The molecule has 4 nitrogen and oxygen atoms in total. The zero-order valence-electron chi connectivity index (χ0n) is 8.43. The first-order chi connectivity index (χ1) is 7.40. The molecule has 0 aliphatic carbocycles. The summed E-state index contributed by atoms with van der Waals surface area (Å²) in [6.45, 7) is 0.488. The summed E-state index contributed by atoms with van der Waals surface area (Å²) in [4.78, 5) is 0. The molecular weight excluding hydrogens is 192 g/mol. The minimum absolute atomic E-state index is 0.487.